The van der Waals surface area contributed by atoms with Gasteiger partial charge in [-0.1, -0.05) is 0 Å². The number of thiophene rings is 1. The molecular formula is C13H13N3O3S2. The minimum absolute atomic E-state index is 0.133. The normalized spacial score (nSPS) is 13.2. The van der Waals surface area contributed by atoms with E-state index < -0.39 is 21.5 Å². The van der Waals surface area contributed by atoms with E-state index in [2.05, 4.69) is 11.4 Å². The van der Waals surface area contributed by atoms with Gasteiger partial charge in [0.05, 0.1) is 17.4 Å². The van der Waals surface area contributed by atoms with Gasteiger partial charge in [-0.3, -0.25) is 4.79 Å². The van der Waals surface area contributed by atoms with E-state index in [1.807, 2.05) is 0 Å². The van der Waals surface area contributed by atoms with E-state index >= 15 is 0 Å². The molecule has 0 spiro atoms. The lowest BCUT2D eigenvalue weighted by Crippen LogP contribution is -2.24. The molecule has 0 saturated carbocycles. The second-order valence-electron chi connectivity index (χ2n) is 4.72. The SMILES string of the molecule is N#CCCS(=O)(=O)CC(=O)Nc1sc2c(c1C#N)CCC2. The summed E-state index contributed by atoms with van der Waals surface area (Å²) < 4.78 is 23.2. The molecule has 0 fully saturated rings. The van der Waals surface area contributed by atoms with Crippen LogP contribution in [0.5, 0.6) is 0 Å². The minimum atomic E-state index is -3.59. The fourth-order valence-electron chi connectivity index (χ4n) is 2.25. The molecule has 0 aromatic carbocycles. The Morgan fingerprint density at radius 1 is 1.33 bits per heavy atom. The molecule has 1 aliphatic rings. The highest BCUT2D eigenvalue weighted by atomic mass is 32.2. The van der Waals surface area contributed by atoms with E-state index in [0.717, 1.165) is 29.7 Å². The number of carbonyl (C=O) groups is 1. The zero-order valence-corrected chi connectivity index (χ0v) is 12.8. The Balaban J connectivity index is 2.08. The van der Waals surface area contributed by atoms with Crippen LogP contribution in [0.3, 0.4) is 0 Å². The lowest BCUT2D eigenvalue weighted by molar-refractivity contribution is -0.113. The van der Waals surface area contributed by atoms with E-state index in [9.17, 15) is 18.5 Å². The van der Waals surface area contributed by atoms with Gasteiger partial charge in [0.2, 0.25) is 5.91 Å². The Morgan fingerprint density at radius 2 is 2.10 bits per heavy atom. The topological polar surface area (TPSA) is 111 Å². The van der Waals surface area contributed by atoms with Crippen LogP contribution in [-0.2, 0) is 27.5 Å². The van der Waals surface area contributed by atoms with E-state index in [-0.39, 0.29) is 12.2 Å². The van der Waals surface area contributed by atoms with Crippen LogP contribution in [0.1, 0.15) is 28.8 Å². The zero-order valence-electron chi connectivity index (χ0n) is 11.2. The van der Waals surface area contributed by atoms with Gasteiger partial charge in [0, 0.05) is 11.3 Å². The molecular weight excluding hydrogens is 310 g/mol. The predicted molar refractivity (Wildman–Crippen MR) is 78.6 cm³/mol. The number of hydrogen-bond donors (Lipinski definition) is 1. The molecule has 1 aromatic rings. The van der Waals surface area contributed by atoms with Crippen molar-refractivity contribution in [3.05, 3.63) is 16.0 Å². The van der Waals surface area contributed by atoms with Crippen molar-refractivity contribution in [2.75, 3.05) is 16.8 Å². The molecule has 21 heavy (non-hydrogen) atoms. The lowest BCUT2D eigenvalue weighted by atomic mass is 10.1. The Bertz CT molecular complexity index is 751. The van der Waals surface area contributed by atoms with Crippen LogP contribution < -0.4 is 5.32 Å². The molecule has 0 atom stereocenters. The van der Waals surface area contributed by atoms with Crippen LogP contribution in [0.25, 0.3) is 0 Å². The zero-order chi connectivity index (χ0) is 15.5. The van der Waals surface area contributed by atoms with Gasteiger partial charge < -0.3 is 5.32 Å². The second-order valence-corrected chi connectivity index (χ2v) is 8.01. The third-order valence-corrected chi connectivity index (χ3v) is 5.90. The standard InChI is InChI=1S/C13H13N3O3S2/c14-5-2-6-21(18,19)8-12(17)16-13-10(7-15)9-3-1-4-11(9)20-13/h1-4,6,8H2,(H,16,17). The monoisotopic (exact) mass is 323 g/mol. The van der Waals surface area contributed by atoms with Gasteiger partial charge in [-0.25, -0.2) is 8.42 Å². The lowest BCUT2D eigenvalue weighted by Gasteiger charge is -2.04. The van der Waals surface area contributed by atoms with E-state index in [4.69, 9.17) is 5.26 Å². The maximum Gasteiger partial charge on any atom is 0.240 e. The van der Waals surface area contributed by atoms with Gasteiger partial charge >= 0.3 is 0 Å². The average molecular weight is 323 g/mol. The largest absolute Gasteiger partial charge is 0.316 e. The number of nitriles is 2. The average Bonchev–Trinajstić information content (AvgIpc) is 2.95. The molecule has 0 aliphatic heterocycles. The van der Waals surface area contributed by atoms with Crippen molar-refractivity contribution < 1.29 is 13.2 Å². The molecule has 1 N–H and O–H groups in total. The highest BCUT2D eigenvalue weighted by Crippen LogP contribution is 2.38. The molecule has 0 bridgehead atoms. The van der Waals surface area contributed by atoms with Gasteiger partial charge in [0.25, 0.3) is 0 Å². The molecule has 1 aromatic heterocycles. The first kappa shape index (κ1) is 15.5. The van der Waals surface area contributed by atoms with E-state index in [1.165, 1.54) is 11.3 Å². The van der Waals surface area contributed by atoms with E-state index in [1.54, 1.807) is 6.07 Å². The number of nitrogens with one attached hydrogen (secondary N) is 1. The maximum absolute atomic E-state index is 11.8. The number of nitrogens with zero attached hydrogens (tertiary/aromatic N) is 2. The Kier molecular flexibility index (Phi) is 4.61. The fourth-order valence-corrected chi connectivity index (χ4v) is 4.52. The predicted octanol–water partition coefficient (Wildman–Crippen LogP) is 1.38. The summed E-state index contributed by atoms with van der Waals surface area (Å²) in [5.74, 6) is -1.66. The molecule has 6 nitrogen and oxygen atoms in total. The molecule has 0 radical (unpaired) electrons. The van der Waals surface area contributed by atoms with Gasteiger partial charge in [-0.05, 0) is 24.8 Å². The minimum Gasteiger partial charge on any atom is -0.316 e. The molecule has 8 heteroatoms. The van der Waals surface area contributed by atoms with Crippen molar-refractivity contribution in [2.45, 2.75) is 25.7 Å². The number of carbonyl (C=O) groups excluding carboxylic acids is 1. The highest BCUT2D eigenvalue weighted by molar-refractivity contribution is 7.92. The number of amides is 1. The molecule has 0 unspecified atom stereocenters. The van der Waals surface area contributed by atoms with Gasteiger partial charge in [-0.2, -0.15) is 10.5 Å². The number of aryl methyl sites for hydroxylation is 1. The molecule has 0 saturated heterocycles. The second kappa shape index (κ2) is 6.25. The summed E-state index contributed by atoms with van der Waals surface area (Å²) >= 11 is 1.34. The number of hydrogen-bond acceptors (Lipinski definition) is 6. The summed E-state index contributed by atoms with van der Waals surface area (Å²) in [5, 5.41) is 20.5. The molecule has 110 valence electrons. The van der Waals surface area contributed by atoms with Crippen molar-refractivity contribution in [3.8, 4) is 12.1 Å². The Labute approximate surface area is 126 Å². The fraction of sp³-hybridized carbons (Fsp3) is 0.462. The number of sulfone groups is 1. The van der Waals surface area contributed by atoms with Crippen LogP contribution in [0.4, 0.5) is 5.00 Å². The number of fused-ring (bicyclic) bond motifs is 1. The third-order valence-electron chi connectivity index (χ3n) is 3.16. The van der Waals surface area contributed by atoms with Crippen molar-refractivity contribution >= 4 is 32.1 Å². The maximum atomic E-state index is 11.8. The molecule has 1 heterocycles. The summed E-state index contributed by atoms with van der Waals surface area (Å²) in [6, 6.07) is 3.82. The first-order chi connectivity index (χ1) is 9.96. The van der Waals surface area contributed by atoms with Crippen LogP contribution in [-0.4, -0.2) is 25.8 Å². The van der Waals surface area contributed by atoms with Gasteiger partial charge in [0.15, 0.2) is 9.84 Å². The van der Waals surface area contributed by atoms with Crippen LogP contribution in [0.2, 0.25) is 0 Å². The highest BCUT2D eigenvalue weighted by Gasteiger charge is 2.24. The van der Waals surface area contributed by atoms with Crippen molar-refractivity contribution in [1.29, 1.82) is 10.5 Å². The summed E-state index contributed by atoms with van der Waals surface area (Å²) in [5.41, 5.74) is 1.43. The van der Waals surface area contributed by atoms with Gasteiger partial charge in [-0.15, -0.1) is 11.3 Å². The molecule has 1 aliphatic carbocycles. The summed E-state index contributed by atoms with van der Waals surface area (Å²) in [6.45, 7) is 0. The molecule has 2 rings (SSSR count). The third kappa shape index (κ3) is 3.60. The quantitative estimate of drug-likeness (QED) is 0.880. The first-order valence-electron chi connectivity index (χ1n) is 6.38. The summed E-state index contributed by atoms with van der Waals surface area (Å²) in [7, 11) is -3.59. The Hall–Kier alpha value is -1.90. The van der Waals surface area contributed by atoms with Crippen LogP contribution >= 0.6 is 11.3 Å². The van der Waals surface area contributed by atoms with Crippen LogP contribution in [0.15, 0.2) is 0 Å². The number of rotatable bonds is 5. The Morgan fingerprint density at radius 3 is 2.76 bits per heavy atom. The van der Waals surface area contributed by atoms with Crippen LogP contribution in [0, 0.1) is 22.7 Å². The smallest absolute Gasteiger partial charge is 0.240 e. The summed E-state index contributed by atoms with van der Waals surface area (Å²) in [6.07, 6.45) is 2.59. The van der Waals surface area contributed by atoms with Crippen molar-refractivity contribution in [3.63, 3.8) is 0 Å². The summed E-state index contributed by atoms with van der Waals surface area (Å²) in [4.78, 5) is 12.9. The number of anilines is 1. The van der Waals surface area contributed by atoms with Crippen molar-refractivity contribution in [1.82, 2.24) is 0 Å². The van der Waals surface area contributed by atoms with E-state index in [0.29, 0.717) is 10.6 Å². The van der Waals surface area contributed by atoms with Gasteiger partial charge in [0.1, 0.15) is 16.8 Å². The van der Waals surface area contributed by atoms with Crippen molar-refractivity contribution in [2.24, 2.45) is 0 Å². The first-order valence-corrected chi connectivity index (χ1v) is 9.02. The molecule has 1 amide bonds.